The third-order valence-electron chi connectivity index (χ3n) is 2.51. The molecule has 1 aromatic rings. The lowest BCUT2D eigenvalue weighted by atomic mass is 10.2. The fourth-order valence-electron chi connectivity index (χ4n) is 1.44. The fraction of sp³-hybridized carbons (Fsp3) is 0.333. The Hall–Kier alpha value is -2.84. The quantitative estimate of drug-likeness (QED) is 0.498. The van der Waals surface area contributed by atoms with Crippen LogP contribution >= 0.6 is 0 Å². The number of carboxylic acid groups (broad SMARTS) is 1. The van der Waals surface area contributed by atoms with E-state index >= 15 is 0 Å². The predicted octanol–water partition coefficient (Wildman–Crippen LogP) is -1.16. The molecular weight excluding hydrogens is 282 g/mol. The van der Waals surface area contributed by atoms with Crippen LogP contribution in [0.5, 0.6) is 0 Å². The second-order valence-corrected chi connectivity index (χ2v) is 4.24. The van der Waals surface area contributed by atoms with Crippen LogP contribution in [0.4, 0.5) is 0 Å². The Labute approximate surface area is 119 Å². The van der Waals surface area contributed by atoms with E-state index in [1.165, 1.54) is 25.3 Å². The smallest absolute Gasteiger partial charge is 0.326 e. The topological polar surface area (TPSA) is 152 Å². The number of nitrogens with two attached hydrogens (primary N) is 1. The first-order chi connectivity index (χ1) is 9.81. The number of amides is 3. The molecule has 9 heteroatoms. The van der Waals surface area contributed by atoms with Crippen LogP contribution in [0.2, 0.25) is 0 Å². The molecule has 0 aliphatic carbocycles. The number of carboxylic acids is 1. The minimum Gasteiger partial charge on any atom is -0.480 e. The number of rotatable bonds is 7. The molecule has 1 rings (SSSR count). The lowest BCUT2D eigenvalue weighted by Crippen LogP contribution is -2.51. The Morgan fingerprint density at radius 2 is 2.00 bits per heavy atom. The minimum atomic E-state index is -1.45. The summed E-state index contributed by atoms with van der Waals surface area (Å²) in [7, 11) is 0. The first kappa shape index (κ1) is 16.2. The summed E-state index contributed by atoms with van der Waals surface area (Å²) < 4.78 is 4.85. The average Bonchev–Trinajstić information content (AvgIpc) is 2.90. The first-order valence-corrected chi connectivity index (χ1v) is 5.97. The van der Waals surface area contributed by atoms with Crippen LogP contribution in [-0.4, -0.2) is 40.9 Å². The molecule has 3 amide bonds. The maximum atomic E-state index is 11.8. The van der Waals surface area contributed by atoms with Crippen molar-refractivity contribution in [2.45, 2.75) is 25.4 Å². The van der Waals surface area contributed by atoms with Gasteiger partial charge in [0.2, 0.25) is 11.8 Å². The lowest BCUT2D eigenvalue weighted by Gasteiger charge is -2.17. The standard InChI is InChI=1S/C12H15N3O6/c1-6(14-11(18)8-3-2-4-21-8)10(17)15-7(12(19)20)5-9(13)16/h2-4,6-7H,5H2,1H3,(H2,13,16)(H,14,18)(H,15,17)(H,19,20). The van der Waals surface area contributed by atoms with E-state index < -0.39 is 42.2 Å². The molecule has 0 saturated heterocycles. The van der Waals surface area contributed by atoms with E-state index in [0.717, 1.165) is 0 Å². The van der Waals surface area contributed by atoms with Crippen molar-refractivity contribution in [2.24, 2.45) is 5.73 Å². The van der Waals surface area contributed by atoms with Crippen molar-refractivity contribution in [2.75, 3.05) is 0 Å². The minimum absolute atomic E-state index is 0.0153. The Balaban J connectivity index is 2.59. The number of carbonyl (C=O) groups is 4. The summed E-state index contributed by atoms with van der Waals surface area (Å²) in [6, 6.07) is 0.454. The SMILES string of the molecule is CC(NC(=O)c1ccco1)C(=O)NC(CC(N)=O)C(=O)O. The fourth-order valence-corrected chi connectivity index (χ4v) is 1.44. The largest absolute Gasteiger partial charge is 0.480 e. The van der Waals surface area contributed by atoms with E-state index in [0.29, 0.717) is 0 Å². The summed E-state index contributed by atoms with van der Waals surface area (Å²) in [6.07, 6.45) is 0.757. The molecule has 0 spiro atoms. The van der Waals surface area contributed by atoms with Gasteiger partial charge in [0, 0.05) is 0 Å². The maximum absolute atomic E-state index is 11.8. The Kier molecular flexibility index (Phi) is 5.47. The zero-order chi connectivity index (χ0) is 16.0. The second kappa shape index (κ2) is 7.08. The number of aliphatic carboxylic acids is 1. The Morgan fingerprint density at radius 3 is 2.48 bits per heavy atom. The highest BCUT2D eigenvalue weighted by atomic mass is 16.4. The van der Waals surface area contributed by atoms with Gasteiger partial charge in [-0.2, -0.15) is 0 Å². The van der Waals surface area contributed by atoms with Gasteiger partial charge in [0.1, 0.15) is 12.1 Å². The molecule has 9 nitrogen and oxygen atoms in total. The van der Waals surface area contributed by atoms with E-state index in [-0.39, 0.29) is 5.76 Å². The van der Waals surface area contributed by atoms with Crippen LogP contribution in [0.25, 0.3) is 0 Å². The van der Waals surface area contributed by atoms with Gasteiger partial charge < -0.3 is 25.9 Å². The van der Waals surface area contributed by atoms with Crippen LogP contribution in [0, 0.1) is 0 Å². The molecule has 0 aromatic carbocycles. The summed E-state index contributed by atoms with van der Waals surface area (Å²) in [6.45, 7) is 1.36. The van der Waals surface area contributed by atoms with E-state index in [1.54, 1.807) is 0 Å². The molecule has 1 aromatic heterocycles. The molecule has 0 aliphatic heterocycles. The number of primary amides is 1. The zero-order valence-corrected chi connectivity index (χ0v) is 11.2. The number of hydrogen-bond donors (Lipinski definition) is 4. The highest BCUT2D eigenvalue weighted by molar-refractivity contribution is 5.96. The van der Waals surface area contributed by atoms with E-state index in [9.17, 15) is 19.2 Å². The molecule has 2 atom stereocenters. The molecule has 0 saturated carbocycles. The van der Waals surface area contributed by atoms with Crippen molar-refractivity contribution in [3.8, 4) is 0 Å². The number of carbonyl (C=O) groups excluding carboxylic acids is 3. The van der Waals surface area contributed by atoms with Crippen molar-refractivity contribution in [1.29, 1.82) is 0 Å². The molecule has 114 valence electrons. The zero-order valence-electron chi connectivity index (χ0n) is 11.2. The number of nitrogens with one attached hydrogen (secondary N) is 2. The third kappa shape index (κ3) is 4.97. The maximum Gasteiger partial charge on any atom is 0.326 e. The van der Waals surface area contributed by atoms with Crippen molar-refractivity contribution in [1.82, 2.24) is 10.6 Å². The highest BCUT2D eigenvalue weighted by Gasteiger charge is 2.25. The van der Waals surface area contributed by atoms with Crippen LogP contribution in [0.15, 0.2) is 22.8 Å². The molecule has 21 heavy (non-hydrogen) atoms. The third-order valence-corrected chi connectivity index (χ3v) is 2.51. The average molecular weight is 297 g/mol. The predicted molar refractivity (Wildman–Crippen MR) is 69.0 cm³/mol. The van der Waals surface area contributed by atoms with Crippen molar-refractivity contribution in [3.63, 3.8) is 0 Å². The molecular formula is C12H15N3O6. The van der Waals surface area contributed by atoms with Crippen molar-refractivity contribution in [3.05, 3.63) is 24.2 Å². The van der Waals surface area contributed by atoms with Gasteiger partial charge in [-0.3, -0.25) is 14.4 Å². The van der Waals surface area contributed by atoms with E-state index in [2.05, 4.69) is 10.6 Å². The Bertz CT molecular complexity index is 539. The highest BCUT2D eigenvalue weighted by Crippen LogP contribution is 2.00. The van der Waals surface area contributed by atoms with Crippen LogP contribution in [-0.2, 0) is 14.4 Å². The molecule has 0 fully saturated rings. The monoisotopic (exact) mass is 297 g/mol. The van der Waals surface area contributed by atoms with Crippen LogP contribution < -0.4 is 16.4 Å². The summed E-state index contributed by atoms with van der Waals surface area (Å²) in [5, 5.41) is 13.3. The van der Waals surface area contributed by atoms with Crippen molar-refractivity contribution < 1.29 is 28.7 Å². The first-order valence-electron chi connectivity index (χ1n) is 5.97. The molecule has 0 bridgehead atoms. The van der Waals surface area contributed by atoms with Crippen LogP contribution in [0.3, 0.4) is 0 Å². The Morgan fingerprint density at radius 1 is 1.33 bits per heavy atom. The van der Waals surface area contributed by atoms with Gasteiger partial charge in [-0.05, 0) is 19.1 Å². The normalized spacial score (nSPS) is 13.0. The summed E-state index contributed by atoms with van der Waals surface area (Å²) >= 11 is 0. The van der Waals surface area contributed by atoms with Gasteiger partial charge in [0.15, 0.2) is 5.76 Å². The van der Waals surface area contributed by atoms with Gasteiger partial charge in [-0.1, -0.05) is 0 Å². The lowest BCUT2D eigenvalue weighted by molar-refractivity contribution is -0.143. The van der Waals surface area contributed by atoms with Crippen LogP contribution in [0.1, 0.15) is 23.9 Å². The summed E-state index contributed by atoms with van der Waals surface area (Å²) in [5.41, 5.74) is 4.89. The molecule has 1 heterocycles. The molecule has 0 radical (unpaired) electrons. The second-order valence-electron chi connectivity index (χ2n) is 4.24. The summed E-state index contributed by atoms with van der Waals surface area (Å²) in [5.74, 6) is -3.63. The molecule has 0 aliphatic rings. The van der Waals surface area contributed by atoms with Gasteiger partial charge in [-0.15, -0.1) is 0 Å². The molecule has 2 unspecified atom stereocenters. The number of furan rings is 1. The molecule has 5 N–H and O–H groups in total. The number of hydrogen-bond acceptors (Lipinski definition) is 5. The van der Waals surface area contributed by atoms with Gasteiger partial charge in [0.05, 0.1) is 12.7 Å². The van der Waals surface area contributed by atoms with Gasteiger partial charge in [0.25, 0.3) is 5.91 Å². The van der Waals surface area contributed by atoms with Gasteiger partial charge in [-0.25, -0.2) is 4.79 Å². The summed E-state index contributed by atoms with van der Waals surface area (Å²) in [4.78, 5) is 45.0. The van der Waals surface area contributed by atoms with E-state index in [1.807, 2.05) is 0 Å². The van der Waals surface area contributed by atoms with E-state index in [4.69, 9.17) is 15.3 Å². The van der Waals surface area contributed by atoms with Crippen molar-refractivity contribution >= 4 is 23.7 Å². The van der Waals surface area contributed by atoms with Gasteiger partial charge >= 0.3 is 5.97 Å².